The van der Waals surface area contributed by atoms with E-state index >= 15 is 0 Å². The molecule has 1 saturated heterocycles. The van der Waals surface area contributed by atoms with Crippen molar-refractivity contribution in [2.45, 2.75) is 32.0 Å². The third-order valence-corrected chi connectivity index (χ3v) is 1.61. The summed E-state index contributed by atoms with van der Waals surface area (Å²) < 4.78 is 0. The molecule has 2 atom stereocenters. The second-order valence-electron chi connectivity index (χ2n) is 2.42. The summed E-state index contributed by atoms with van der Waals surface area (Å²) in [6.07, 6.45) is 1.01. The van der Waals surface area contributed by atoms with Crippen molar-refractivity contribution in [1.82, 2.24) is 5.32 Å². The molecule has 3 heteroatoms. The van der Waals surface area contributed by atoms with Crippen LogP contribution in [0.1, 0.15) is 19.8 Å². The first-order valence-electron chi connectivity index (χ1n) is 3.14. The number of aliphatic hydroxyl groups is 1. The monoisotopic (exact) mass is 129 g/mol. The van der Waals surface area contributed by atoms with E-state index in [1.807, 2.05) is 0 Å². The summed E-state index contributed by atoms with van der Waals surface area (Å²) in [6.45, 7) is 1.54. The Morgan fingerprint density at radius 2 is 2.33 bits per heavy atom. The van der Waals surface area contributed by atoms with Crippen LogP contribution in [0.5, 0.6) is 0 Å². The molecule has 3 nitrogen and oxygen atoms in total. The molecule has 2 N–H and O–H groups in total. The van der Waals surface area contributed by atoms with Gasteiger partial charge in [0.1, 0.15) is 12.0 Å². The Bertz CT molecular complexity index is 124. The van der Waals surface area contributed by atoms with Crippen molar-refractivity contribution in [1.29, 1.82) is 0 Å². The summed E-state index contributed by atoms with van der Waals surface area (Å²) in [6, 6.07) is -0.0972. The van der Waals surface area contributed by atoms with E-state index in [0.717, 1.165) is 6.42 Å². The maximum absolute atomic E-state index is 10.6. The normalized spacial score (nSPS) is 34.9. The van der Waals surface area contributed by atoms with Gasteiger partial charge in [0.05, 0.1) is 6.04 Å². The summed E-state index contributed by atoms with van der Waals surface area (Å²) in [5.41, 5.74) is 0. The van der Waals surface area contributed by atoms with Gasteiger partial charge in [0, 0.05) is 0 Å². The van der Waals surface area contributed by atoms with Crippen LogP contribution in [-0.4, -0.2) is 23.2 Å². The molecule has 9 heavy (non-hydrogen) atoms. The Labute approximate surface area is 54.1 Å². The van der Waals surface area contributed by atoms with Crippen LogP contribution in [-0.2, 0) is 4.79 Å². The second kappa shape index (κ2) is 2.45. The third-order valence-electron chi connectivity index (χ3n) is 1.61. The Kier molecular flexibility index (Phi) is 1.83. The summed E-state index contributed by atoms with van der Waals surface area (Å²) in [5.74, 6) is 0.117. The van der Waals surface area contributed by atoms with Crippen LogP contribution in [0.25, 0.3) is 0 Å². The average molecular weight is 129 g/mol. The number of aliphatic hydroxyl groups excluding tert-OH is 1. The van der Waals surface area contributed by atoms with Crippen molar-refractivity contribution in [2.24, 2.45) is 0 Å². The quantitative estimate of drug-likeness (QED) is 0.508. The highest BCUT2D eigenvalue weighted by atomic mass is 16.3. The Hall–Kier alpha value is -0.410. The minimum atomic E-state index is -0.459. The van der Waals surface area contributed by atoms with E-state index in [2.05, 4.69) is 5.32 Å². The zero-order valence-electron chi connectivity index (χ0n) is 5.42. The Balaban J connectivity index is 2.39. The van der Waals surface area contributed by atoms with Gasteiger partial charge in [0.25, 0.3) is 0 Å². The van der Waals surface area contributed by atoms with Crippen LogP contribution in [0.2, 0.25) is 0 Å². The van der Waals surface area contributed by atoms with Crippen molar-refractivity contribution < 1.29 is 9.90 Å². The maximum atomic E-state index is 10.6. The average Bonchev–Trinajstić information content (AvgIpc) is 2.14. The molecule has 0 radical (unpaired) electrons. The Morgan fingerprint density at radius 1 is 1.67 bits per heavy atom. The van der Waals surface area contributed by atoms with Crippen LogP contribution in [0.3, 0.4) is 0 Å². The van der Waals surface area contributed by atoms with E-state index in [-0.39, 0.29) is 11.8 Å². The van der Waals surface area contributed by atoms with Crippen molar-refractivity contribution in [2.75, 3.05) is 0 Å². The van der Waals surface area contributed by atoms with Crippen LogP contribution in [0, 0.1) is 0 Å². The third kappa shape index (κ3) is 1.50. The fourth-order valence-electron chi connectivity index (χ4n) is 1.04. The predicted molar refractivity (Wildman–Crippen MR) is 32.8 cm³/mol. The number of carbonyl (C=O) groups is 1. The number of hydrogen-bond donors (Lipinski definition) is 2. The molecule has 1 unspecified atom stereocenters. The van der Waals surface area contributed by atoms with Gasteiger partial charge in [-0.3, -0.25) is 10.1 Å². The van der Waals surface area contributed by atoms with E-state index in [1.165, 1.54) is 6.92 Å². The number of carbonyl (C=O) groups excluding carboxylic acids is 1. The van der Waals surface area contributed by atoms with Gasteiger partial charge in [0.2, 0.25) is 0 Å². The van der Waals surface area contributed by atoms with Gasteiger partial charge in [-0.05, 0) is 19.8 Å². The molecule has 0 aromatic rings. The molecule has 52 valence electrons. The van der Waals surface area contributed by atoms with E-state index < -0.39 is 6.23 Å². The van der Waals surface area contributed by atoms with Gasteiger partial charge in [-0.2, -0.15) is 0 Å². The molecule has 0 aromatic carbocycles. The molecular formula is C6H11NO2. The SMILES string of the molecule is CC(=O)[C@@H]1CCC(O)N1. The molecule has 0 bridgehead atoms. The smallest absolute Gasteiger partial charge is 0.146 e. The first-order valence-corrected chi connectivity index (χ1v) is 3.14. The summed E-state index contributed by atoms with van der Waals surface area (Å²) in [4.78, 5) is 10.6. The van der Waals surface area contributed by atoms with Crippen LogP contribution < -0.4 is 5.32 Å². The van der Waals surface area contributed by atoms with E-state index in [9.17, 15) is 4.79 Å². The molecule has 1 fully saturated rings. The van der Waals surface area contributed by atoms with Gasteiger partial charge in [0.15, 0.2) is 0 Å². The molecule has 0 spiro atoms. The molecule has 1 rings (SSSR count). The molecule has 0 saturated carbocycles. The minimum absolute atomic E-state index is 0.0972. The molecule has 0 aromatic heterocycles. The Morgan fingerprint density at radius 3 is 2.56 bits per heavy atom. The highest BCUT2D eigenvalue weighted by molar-refractivity contribution is 5.81. The number of hydrogen-bond acceptors (Lipinski definition) is 3. The van der Waals surface area contributed by atoms with Crippen molar-refractivity contribution in [3.8, 4) is 0 Å². The fraction of sp³-hybridized carbons (Fsp3) is 0.833. The van der Waals surface area contributed by atoms with Crippen LogP contribution >= 0.6 is 0 Å². The first-order chi connectivity index (χ1) is 4.20. The second-order valence-corrected chi connectivity index (χ2v) is 2.42. The van der Waals surface area contributed by atoms with Gasteiger partial charge in [-0.15, -0.1) is 0 Å². The molecule has 0 amide bonds. The van der Waals surface area contributed by atoms with Gasteiger partial charge in [-0.1, -0.05) is 0 Å². The lowest BCUT2D eigenvalue weighted by Crippen LogP contribution is -2.33. The van der Waals surface area contributed by atoms with Crippen molar-refractivity contribution in [3.63, 3.8) is 0 Å². The molecule has 1 aliphatic heterocycles. The fourth-order valence-corrected chi connectivity index (χ4v) is 1.04. The minimum Gasteiger partial charge on any atom is -0.379 e. The number of rotatable bonds is 1. The molecule has 0 aliphatic carbocycles. The largest absolute Gasteiger partial charge is 0.379 e. The summed E-state index contributed by atoms with van der Waals surface area (Å²) >= 11 is 0. The van der Waals surface area contributed by atoms with Crippen LogP contribution in [0.4, 0.5) is 0 Å². The lowest BCUT2D eigenvalue weighted by molar-refractivity contribution is -0.118. The number of ketones is 1. The molecule has 1 aliphatic rings. The van der Waals surface area contributed by atoms with Gasteiger partial charge < -0.3 is 5.11 Å². The van der Waals surface area contributed by atoms with Gasteiger partial charge in [-0.25, -0.2) is 0 Å². The van der Waals surface area contributed by atoms with E-state index in [4.69, 9.17) is 5.11 Å². The topological polar surface area (TPSA) is 49.3 Å². The van der Waals surface area contributed by atoms with E-state index in [1.54, 1.807) is 0 Å². The van der Waals surface area contributed by atoms with Crippen molar-refractivity contribution in [3.05, 3.63) is 0 Å². The highest BCUT2D eigenvalue weighted by Crippen LogP contribution is 2.09. The molecule has 1 heterocycles. The highest BCUT2D eigenvalue weighted by Gasteiger charge is 2.24. The molecular weight excluding hydrogens is 118 g/mol. The van der Waals surface area contributed by atoms with Crippen LogP contribution in [0.15, 0.2) is 0 Å². The summed E-state index contributed by atoms with van der Waals surface area (Å²) in [7, 11) is 0. The standard InChI is InChI=1S/C6H11NO2/c1-4(8)5-2-3-6(9)7-5/h5-7,9H,2-3H2,1H3/t5-,6?/m0/s1. The lowest BCUT2D eigenvalue weighted by atomic mass is 10.2. The maximum Gasteiger partial charge on any atom is 0.146 e. The lowest BCUT2D eigenvalue weighted by Gasteiger charge is -2.04. The van der Waals surface area contributed by atoms with Gasteiger partial charge >= 0.3 is 0 Å². The first kappa shape index (κ1) is 6.71. The van der Waals surface area contributed by atoms with Crippen molar-refractivity contribution >= 4 is 5.78 Å². The zero-order valence-corrected chi connectivity index (χ0v) is 5.42. The zero-order chi connectivity index (χ0) is 6.85. The number of Topliss-reactive ketones (excluding diaryl/α,β-unsaturated/α-hetero) is 1. The predicted octanol–water partition coefficient (Wildman–Crippen LogP) is -0.354. The van der Waals surface area contributed by atoms with E-state index in [0.29, 0.717) is 6.42 Å². The number of nitrogens with one attached hydrogen (secondary N) is 1. The summed E-state index contributed by atoms with van der Waals surface area (Å²) in [5, 5.41) is 11.6.